The number of benzene rings is 1. The number of rotatable bonds is 6. The van der Waals surface area contributed by atoms with E-state index in [0.29, 0.717) is 5.41 Å². The van der Waals surface area contributed by atoms with Crippen LogP contribution in [0.15, 0.2) is 22.7 Å². The molecular formula is C13H19BrN2O. The van der Waals surface area contributed by atoms with E-state index in [1.54, 1.807) is 7.11 Å². The van der Waals surface area contributed by atoms with Crippen LogP contribution in [-0.4, -0.2) is 20.3 Å². The van der Waals surface area contributed by atoms with E-state index in [1.165, 1.54) is 12.8 Å². The molecule has 0 heterocycles. The van der Waals surface area contributed by atoms with E-state index in [1.807, 2.05) is 18.2 Å². The first-order valence-corrected chi connectivity index (χ1v) is 6.72. The van der Waals surface area contributed by atoms with Gasteiger partial charge in [0.1, 0.15) is 0 Å². The van der Waals surface area contributed by atoms with Crippen LogP contribution < -0.4 is 11.1 Å². The summed E-state index contributed by atoms with van der Waals surface area (Å²) in [4.78, 5) is 0. The number of nitrogen functional groups attached to an aromatic ring is 1. The van der Waals surface area contributed by atoms with Gasteiger partial charge < -0.3 is 15.8 Å². The van der Waals surface area contributed by atoms with Crippen molar-refractivity contribution in [1.29, 1.82) is 0 Å². The van der Waals surface area contributed by atoms with Crippen LogP contribution >= 0.6 is 15.9 Å². The van der Waals surface area contributed by atoms with E-state index >= 15 is 0 Å². The van der Waals surface area contributed by atoms with Gasteiger partial charge in [-0.2, -0.15) is 0 Å². The van der Waals surface area contributed by atoms with Gasteiger partial charge in [0.25, 0.3) is 0 Å². The maximum Gasteiger partial charge on any atom is 0.0486 e. The minimum atomic E-state index is 0.455. The predicted molar refractivity (Wildman–Crippen MR) is 75.2 cm³/mol. The predicted octanol–water partition coefficient (Wildman–Crippen LogP) is 3.26. The maximum absolute atomic E-state index is 5.71. The van der Waals surface area contributed by atoms with Crippen molar-refractivity contribution in [2.45, 2.75) is 19.3 Å². The molecule has 1 aromatic rings. The smallest absolute Gasteiger partial charge is 0.0486 e. The summed E-state index contributed by atoms with van der Waals surface area (Å²) in [7, 11) is 1.76. The van der Waals surface area contributed by atoms with Crippen molar-refractivity contribution in [2.24, 2.45) is 5.41 Å². The molecule has 0 aliphatic heterocycles. The molecule has 4 heteroatoms. The summed E-state index contributed by atoms with van der Waals surface area (Å²) < 4.78 is 6.18. The lowest BCUT2D eigenvalue weighted by atomic mass is 10.0. The third-order valence-corrected chi connectivity index (χ3v) is 4.10. The molecule has 1 fully saturated rings. The molecule has 0 atom stereocenters. The standard InChI is InChI=1S/C13H19BrN2O/c1-17-7-6-13(4-5-13)9-16-12-3-2-10(15)8-11(12)14/h2-3,8,16H,4-7,9,15H2,1H3. The molecule has 0 saturated heterocycles. The van der Waals surface area contributed by atoms with E-state index in [4.69, 9.17) is 10.5 Å². The Balaban J connectivity index is 1.89. The Bertz CT molecular complexity index is 391. The van der Waals surface area contributed by atoms with Gasteiger partial charge in [-0.3, -0.25) is 0 Å². The number of nitrogens with two attached hydrogens (primary N) is 1. The summed E-state index contributed by atoms with van der Waals surface area (Å²) >= 11 is 3.52. The minimum absolute atomic E-state index is 0.455. The normalized spacial score (nSPS) is 16.8. The largest absolute Gasteiger partial charge is 0.399 e. The molecule has 1 aromatic carbocycles. The second-order valence-corrected chi connectivity index (χ2v) is 5.69. The zero-order valence-electron chi connectivity index (χ0n) is 10.1. The van der Waals surface area contributed by atoms with E-state index in [2.05, 4.69) is 21.2 Å². The molecule has 0 unspecified atom stereocenters. The van der Waals surface area contributed by atoms with Crippen molar-refractivity contribution >= 4 is 27.3 Å². The fraction of sp³-hybridized carbons (Fsp3) is 0.538. The minimum Gasteiger partial charge on any atom is -0.399 e. The van der Waals surface area contributed by atoms with Crippen molar-refractivity contribution in [1.82, 2.24) is 0 Å². The Kier molecular flexibility index (Phi) is 3.94. The topological polar surface area (TPSA) is 47.3 Å². The van der Waals surface area contributed by atoms with Gasteiger partial charge in [0.05, 0.1) is 0 Å². The Morgan fingerprint density at radius 3 is 2.82 bits per heavy atom. The van der Waals surface area contributed by atoms with Crippen LogP contribution in [0, 0.1) is 5.41 Å². The molecule has 1 aliphatic carbocycles. The highest BCUT2D eigenvalue weighted by Crippen LogP contribution is 2.48. The van der Waals surface area contributed by atoms with Crippen molar-refractivity contribution in [3.8, 4) is 0 Å². The number of nitrogens with one attached hydrogen (secondary N) is 1. The van der Waals surface area contributed by atoms with Gasteiger partial charge in [0.2, 0.25) is 0 Å². The lowest BCUT2D eigenvalue weighted by Gasteiger charge is -2.17. The third kappa shape index (κ3) is 3.36. The Morgan fingerprint density at radius 2 is 2.24 bits per heavy atom. The molecule has 17 heavy (non-hydrogen) atoms. The fourth-order valence-corrected chi connectivity index (χ4v) is 2.50. The van der Waals surface area contributed by atoms with Gasteiger partial charge in [-0.1, -0.05) is 0 Å². The Hall–Kier alpha value is -0.740. The summed E-state index contributed by atoms with van der Waals surface area (Å²) in [6.07, 6.45) is 3.75. The molecule has 1 saturated carbocycles. The van der Waals surface area contributed by atoms with Crippen molar-refractivity contribution in [2.75, 3.05) is 31.3 Å². The van der Waals surface area contributed by atoms with Crippen molar-refractivity contribution < 1.29 is 4.74 Å². The molecule has 0 bridgehead atoms. The fourth-order valence-electron chi connectivity index (χ4n) is 1.97. The molecule has 0 aromatic heterocycles. The average molecular weight is 299 g/mol. The Labute approximate surface area is 111 Å². The third-order valence-electron chi connectivity index (χ3n) is 3.44. The monoisotopic (exact) mass is 298 g/mol. The molecule has 2 rings (SSSR count). The molecular weight excluding hydrogens is 280 g/mol. The van der Waals surface area contributed by atoms with Crippen LogP contribution in [-0.2, 0) is 4.74 Å². The first-order chi connectivity index (χ1) is 8.15. The lowest BCUT2D eigenvalue weighted by molar-refractivity contribution is 0.175. The number of hydrogen-bond acceptors (Lipinski definition) is 3. The number of hydrogen-bond donors (Lipinski definition) is 2. The second kappa shape index (κ2) is 5.27. The highest BCUT2D eigenvalue weighted by atomic mass is 79.9. The van der Waals surface area contributed by atoms with Gasteiger partial charge in [-0.25, -0.2) is 0 Å². The van der Waals surface area contributed by atoms with Crippen molar-refractivity contribution in [3.05, 3.63) is 22.7 Å². The molecule has 3 nitrogen and oxygen atoms in total. The number of ether oxygens (including phenoxy) is 1. The summed E-state index contributed by atoms with van der Waals surface area (Å²) in [6, 6.07) is 5.87. The van der Waals surface area contributed by atoms with Gasteiger partial charge >= 0.3 is 0 Å². The van der Waals surface area contributed by atoms with Crippen LogP contribution in [0.2, 0.25) is 0 Å². The van der Waals surface area contributed by atoms with Crippen molar-refractivity contribution in [3.63, 3.8) is 0 Å². The molecule has 94 valence electrons. The molecule has 0 spiro atoms. The molecule has 3 N–H and O–H groups in total. The van der Waals surface area contributed by atoms with Crippen LogP contribution in [0.4, 0.5) is 11.4 Å². The zero-order chi connectivity index (χ0) is 12.3. The van der Waals surface area contributed by atoms with Crippen LogP contribution in [0.25, 0.3) is 0 Å². The van der Waals surface area contributed by atoms with Crippen LogP contribution in [0.1, 0.15) is 19.3 Å². The van der Waals surface area contributed by atoms with E-state index in [0.717, 1.165) is 35.4 Å². The lowest BCUT2D eigenvalue weighted by Crippen LogP contribution is -2.17. The highest BCUT2D eigenvalue weighted by Gasteiger charge is 2.41. The summed E-state index contributed by atoms with van der Waals surface area (Å²) in [5.74, 6) is 0. The zero-order valence-corrected chi connectivity index (χ0v) is 11.7. The highest BCUT2D eigenvalue weighted by molar-refractivity contribution is 9.10. The Morgan fingerprint density at radius 1 is 1.47 bits per heavy atom. The quantitative estimate of drug-likeness (QED) is 0.793. The number of halogens is 1. The molecule has 0 amide bonds. The maximum atomic E-state index is 5.71. The second-order valence-electron chi connectivity index (χ2n) is 4.84. The molecule has 0 radical (unpaired) electrons. The SMILES string of the molecule is COCCC1(CNc2ccc(N)cc2Br)CC1. The summed E-state index contributed by atoms with van der Waals surface area (Å²) in [5.41, 5.74) is 8.06. The van der Waals surface area contributed by atoms with E-state index < -0.39 is 0 Å². The van der Waals surface area contributed by atoms with Gasteiger partial charge in [0.15, 0.2) is 0 Å². The average Bonchev–Trinajstić information content (AvgIpc) is 3.06. The first-order valence-electron chi connectivity index (χ1n) is 5.93. The molecule has 1 aliphatic rings. The van der Waals surface area contributed by atoms with Gasteiger partial charge in [-0.05, 0) is 58.8 Å². The van der Waals surface area contributed by atoms with Gasteiger partial charge in [0, 0.05) is 36.1 Å². The van der Waals surface area contributed by atoms with Gasteiger partial charge in [-0.15, -0.1) is 0 Å². The van der Waals surface area contributed by atoms with Crippen LogP contribution in [0.3, 0.4) is 0 Å². The number of methoxy groups -OCH3 is 1. The number of anilines is 2. The van der Waals surface area contributed by atoms with E-state index in [9.17, 15) is 0 Å². The van der Waals surface area contributed by atoms with Crippen LogP contribution in [0.5, 0.6) is 0 Å². The van der Waals surface area contributed by atoms with E-state index in [-0.39, 0.29) is 0 Å². The summed E-state index contributed by atoms with van der Waals surface area (Å²) in [6.45, 7) is 1.86. The summed E-state index contributed by atoms with van der Waals surface area (Å²) in [5, 5.41) is 3.49. The first kappa shape index (κ1) is 12.7.